The van der Waals surface area contributed by atoms with Gasteiger partial charge in [-0.2, -0.15) is 18.2 Å². The number of anilines is 2. The van der Waals surface area contributed by atoms with Crippen molar-refractivity contribution >= 4 is 29.1 Å². The second-order valence-electron chi connectivity index (χ2n) is 7.04. The first-order valence-corrected chi connectivity index (χ1v) is 8.74. The molecule has 9 heteroatoms. The van der Waals surface area contributed by atoms with Crippen molar-refractivity contribution in [2.75, 3.05) is 23.3 Å². The number of aromatic nitrogens is 2. The van der Waals surface area contributed by atoms with Crippen LogP contribution in [0.2, 0.25) is 0 Å². The van der Waals surface area contributed by atoms with E-state index >= 15 is 0 Å². The van der Waals surface area contributed by atoms with Crippen molar-refractivity contribution in [3.63, 3.8) is 0 Å². The highest BCUT2D eigenvalue weighted by atomic mass is 32.1. The fraction of sp³-hybridized carbons (Fsp3) is 0.688. The van der Waals surface area contributed by atoms with Crippen LogP contribution in [0, 0.1) is 11.8 Å². The van der Waals surface area contributed by atoms with E-state index < -0.39 is 11.9 Å². The van der Waals surface area contributed by atoms with E-state index in [9.17, 15) is 13.2 Å². The van der Waals surface area contributed by atoms with Crippen LogP contribution in [0.4, 0.5) is 24.9 Å². The number of nitrogens with zero attached hydrogens (tertiary/aromatic N) is 3. The van der Waals surface area contributed by atoms with Crippen LogP contribution < -0.4 is 15.5 Å². The Morgan fingerprint density at radius 2 is 1.84 bits per heavy atom. The van der Waals surface area contributed by atoms with Crippen molar-refractivity contribution in [2.45, 2.75) is 46.3 Å². The Morgan fingerprint density at radius 3 is 2.36 bits per heavy atom. The van der Waals surface area contributed by atoms with E-state index in [1.807, 2.05) is 18.7 Å². The van der Waals surface area contributed by atoms with Crippen LogP contribution in [-0.2, 0) is 6.18 Å². The summed E-state index contributed by atoms with van der Waals surface area (Å²) in [6.07, 6.45) is -3.49. The molecule has 0 radical (unpaired) electrons. The maximum Gasteiger partial charge on any atom is 0.433 e. The molecule has 0 amide bonds. The first-order chi connectivity index (χ1) is 11.5. The van der Waals surface area contributed by atoms with Gasteiger partial charge in [-0.3, -0.25) is 0 Å². The molecule has 2 heterocycles. The number of piperidine rings is 1. The van der Waals surface area contributed by atoms with Gasteiger partial charge < -0.3 is 15.5 Å². The van der Waals surface area contributed by atoms with Crippen molar-refractivity contribution < 1.29 is 13.2 Å². The molecule has 2 N–H and O–H groups in total. The highest BCUT2D eigenvalue weighted by Crippen LogP contribution is 2.32. The molecule has 0 bridgehead atoms. The van der Waals surface area contributed by atoms with Crippen molar-refractivity contribution in [1.29, 1.82) is 0 Å². The molecule has 1 fully saturated rings. The second-order valence-corrected chi connectivity index (χ2v) is 7.45. The summed E-state index contributed by atoms with van der Waals surface area (Å²) in [5.41, 5.74) is -0.974. The number of halogens is 3. The lowest BCUT2D eigenvalue weighted by Gasteiger charge is -2.36. The molecular formula is C16H24F3N5S. The summed E-state index contributed by atoms with van der Waals surface area (Å²) >= 11 is 5.09. The number of rotatable bonds is 3. The molecular weight excluding hydrogens is 351 g/mol. The largest absolute Gasteiger partial charge is 0.433 e. The fourth-order valence-electron chi connectivity index (χ4n) is 3.05. The van der Waals surface area contributed by atoms with Gasteiger partial charge in [-0.25, -0.2) is 4.98 Å². The van der Waals surface area contributed by atoms with E-state index in [2.05, 4.69) is 34.4 Å². The van der Waals surface area contributed by atoms with Gasteiger partial charge in [0.05, 0.1) is 0 Å². The predicted octanol–water partition coefficient (Wildman–Crippen LogP) is 3.67. The quantitative estimate of drug-likeness (QED) is 0.786. The maximum atomic E-state index is 13.2. The molecule has 1 saturated heterocycles. The standard InChI is InChI=1S/C16H24F3N5S/c1-9(2)20-15(25)23-14-21-12(16(17,18)19)6-13(22-14)24-7-10(3)5-11(4)8-24/h6,9-11H,5,7-8H2,1-4H3,(H2,20,21,22,23,25)/t10-,11-/m1/s1. The third-order valence-corrected chi connectivity index (χ3v) is 4.06. The molecule has 2 rings (SSSR count). The number of hydrogen-bond acceptors (Lipinski definition) is 4. The van der Waals surface area contributed by atoms with Crippen LogP contribution in [0.5, 0.6) is 0 Å². The fourth-order valence-corrected chi connectivity index (χ4v) is 3.37. The van der Waals surface area contributed by atoms with Crippen molar-refractivity contribution in [2.24, 2.45) is 11.8 Å². The lowest BCUT2D eigenvalue weighted by Crippen LogP contribution is -2.40. The van der Waals surface area contributed by atoms with Crippen LogP contribution in [0.25, 0.3) is 0 Å². The Balaban J connectivity index is 2.32. The summed E-state index contributed by atoms with van der Waals surface area (Å²) in [6, 6.07) is 1.06. The lowest BCUT2D eigenvalue weighted by molar-refractivity contribution is -0.141. The first kappa shape index (κ1) is 19.7. The summed E-state index contributed by atoms with van der Waals surface area (Å²) in [6.45, 7) is 9.29. The van der Waals surface area contributed by atoms with Gasteiger partial charge in [0.25, 0.3) is 0 Å². The Morgan fingerprint density at radius 1 is 1.24 bits per heavy atom. The molecule has 0 spiro atoms. The van der Waals surface area contributed by atoms with Crippen LogP contribution >= 0.6 is 12.2 Å². The summed E-state index contributed by atoms with van der Waals surface area (Å²) in [5, 5.41) is 5.76. The van der Waals surface area contributed by atoms with E-state index in [1.165, 1.54) is 0 Å². The van der Waals surface area contributed by atoms with Gasteiger partial charge in [0.1, 0.15) is 5.82 Å². The summed E-state index contributed by atoms with van der Waals surface area (Å²) in [4.78, 5) is 9.74. The normalized spacial score (nSPS) is 21.4. The number of nitrogens with one attached hydrogen (secondary N) is 2. The topological polar surface area (TPSA) is 53.1 Å². The molecule has 1 aromatic rings. The van der Waals surface area contributed by atoms with Crippen molar-refractivity contribution in [3.05, 3.63) is 11.8 Å². The van der Waals surface area contributed by atoms with Gasteiger partial charge in [0, 0.05) is 25.2 Å². The third-order valence-electron chi connectivity index (χ3n) is 3.84. The van der Waals surface area contributed by atoms with Gasteiger partial charge in [0.2, 0.25) is 5.95 Å². The zero-order valence-corrected chi connectivity index (χ0v) is 15.6. The molecule has 25 heavy (non-hydrogen) atoms. The molecule has 1 aliphatic rings. The third kappa shape index (κ3) is 5.69. The van der Waals surface area contributed by atoms with E-state index in [-0.39, 0.29) is 22.9 Å². The van der Waals surface area contributed by atoms with Crippen molar-refractivity contribution in [1.82, 2.24) is 15.3 Å². The van der Waals surface area contributed by atoms with E-state index in [1.54, 1.807) is 0 Å². The highest BCUT2D eigenvalue weighted by Gasteiger charge is 2.35. The van der Waals surface area contributed by atoms with E-state index in [0.29, 0.717) is 24.9 Å². The van der Waals surface area contributed by atoms with Gasteiger partial charge >= 0.3 is 6.18 Å². The molecule has 0 aromatic carbocycles. The first-order valence-electron chi connectivity index (χ1n) is 8.33. The molecule has 1 aliphatic heterocycles. The second kappa shape index (κ2) is 7.72. The molecule has 2 atom stereocenters. The summed E-state index contributed by atoms with van der Waals surface area (Å²) in [5.74, 6) is 0.922. The van der Waals surface area contributed by atoms with Gasteiger partial charge in [0.15, 0.2) is 10.8 Å². The summed E-state index contributed by atoms with van der Waals surface area (Å²) in [7, 11) is 0. The van der Waals surface area contributed by atoms with Gasteiger partial charge in [-0.05, 0) is 44.3 Å². The maximum absolute atomic E-state index is 13.2. The van der Waals surface area contributed by atoms with Crippen molar-refractivity contribution in [3.8, 4) is 0 Å². The SMILES string of the molecule is CC(C)NC(=S)Nc1nc(N2C[C@H](C)C[C@@H](C)C2)cc(C(F)(F)F)n1. The van der Waals surface area contributed by atoms with Crippen LogP contribution in [-0.4, -0.2) is 34.2 Å². The average Bonchev–Trinajstić information content (AvgIpc) is 2.43. The van der Waals surface area contributed by atoms with Crippen LogP contribution in [0.1, 0.15) is 39.8 Å². The number of thiocarbonyl (C=S) groups is 1. The summed E-state index contributed by atoms with van der Waals surface area (Å²) < 4.78 is 39.7. The minimum absolute atomic E-state index is 0.0501. The number of hydrogen-bond donors (Lipinski definition) is 2. The molecule has 0 aliphatic carbocycles. The Bertz CT molecular complexity index is 610. The Kier molecular flexibility index (Phi) is 6.08. The number of alkyl halides is 3. The molecule has 0 saturated carbocycles. The average molecular weight is 375 g/mol. The Labute approximate surface area is 151 Å². The van der Waals surface area contributed by atoms with Crippen LogP contribution in [0.3, 0.4) is 0 Å². The van der Waals surface area contributed by atoms with E-state index in [4.69, 9.17) is 12.2 Å². The smallest absolute Gasteiger partial charge is 0.360 e. The Hall–Kier alpha value is -1.64. The highest BCUT2D eigenvalue weighted by molar-refractivity contribution is 7.80. The van der Waals surface area contributed by atoms with Gasteiger partial charge in [-0.15, -0.1) is 0 Å². The zero-order valence-electron chi connectivity index (χ0n) is 14.8. The predicted molar refractivity (Wildman–Crippen MR) is 96.7 cm³/mol. The molecule has 5 nitrogen and oxygen atoms in total. The molecule has 140 valence electrons. The van der Waals surface area contributed by atoms with E-state index in [0.717, 1.165) is 12.5 Å². The zero-order chi connectivity index (χ0) is 18.8. The van der Waals surface area contributed by atoms with Crippen LogP contribution in [0.15, 0.2) is 6.07 Å². The molecule has 0 unspecified atom stereocenters. The minimum atomic E-state index is -4.55. The lowest BCUT2D eigenvalue weighted by atomic mass is 9.92. The minimum Gasteiger partial charge on any atom is -0.360 e. The monoisotopic (exact) mass is 375 g/mol. The van der Waals surface area contributed by atoms with Gasteiger partial charge in [-0.1, -0.05) is 13.8 Å². The molecule has 1 aromatic heterocycles.